The summed E-state index contributed by atoms with van der Waals surface area (Å²) in [5, 5.41) is 2.75. The Kier molecular flexibility index (Phi) is 6.84. The Labute approximate surface area is 159 Å². The molecule has 1 saturated carbocycles. The first-order valence-electron chi connectivity index (χ1n) is 9.24. The second-order valence-corrected chi connectivity index (χ2v) is 6.84. The fourth-order valence-electron chi connectivity index (χ4n) is 2.92. The molecule has 1 fully saturated rings. The van der Waals surface area contributed by atoms with Gasteiger partial charge in [-0.05, 0) is 36.5 Å². The standard InChI is InChI=1S/C20H27N3O4/c1-25-9-8-21-20(24)18-14-27-19(22-18)13-23(11-15-6-7-15)12-16-4-3-5-17(10-16)26-2/h3-5,10,14-15H,6-9,11-13H2,1-2H3,(H,21,24). The fourth-order valence-corrected chi connectivity index (χ4v) is 2.92. The van der Waals surface area contributed by atoms with Gasteiger partial charge in [0.25, 0.3) is 5.91 Å². The highest BCUT2D eigenvalue weighted by molar-refractivity contribution is 5.91. The van der Waals surface area contributed by atoms with Crippen molar-refractivity contribution < 1.29 is 18.7 Å². The Balaban J connectivity index is 1.61. The second kappa shape index (κ2) is 9.53. The van der Waals surface area contributed by atoms with Crippen LogP contribution >= 0.6 is 0 Å². The van der Waals surface area contributed by atoms with E-state index in [9.17, 15) is 4.79 Å². The number of ether oxygens (including phenoxy) is 2. The van der Waals surface area contributed by atoms with Gasteiger partial charge in [0, 0.05) is 26.7 Å². The second-order valence-electron chi connectivity index (χ2n) is 6.84. The van der Waals surface area contributed by atoms with Crippen molar-refractivity contribution >= 4 is 5.91 Å². The molecule has 27 heavy (non-hydrogen) atoms. The minimum absolute atomic E-state index is 0.247. The van der Waals surface area contributed by atoms with Crippen molar-refractivity contribution in [2.24, 2.45) is 5.92 Å². The molecule has 1 aliphatic carbocycles. The van der Waals surface area contributed by atoms with Gasteiger partial charge in [-0.25, -0.2) is 4.98 Å². The number of aromatic nitrogens is 1. The maximum Gasteiger partial charge on any atom is 0.273 e. The predicted molar refractivity (Wildman–Crippen MR) is 101 cm³/mol. The molecule has 1 aromatic carbocycles. The quantitative estimate of drug-likeness (QED) is 0.610. The van der Waals surface area contributed by atoms with Gasteiger partial charge in [0.05, 0.1) is 20.3 Å². The molecule has 0 atom stereocenters. The number of methoxy groups -OCH3 is 2. The zero-order valence-corrected chi connectivity index (χ0v) is 15.9. The molecule has 2 aromatic rings. The number of carbonyl (C=O) groups excluding carboxylic acids is 1. The number of nitrogens with one attached hydrogen (secondary N) is 1. The Morgan fingerprint density at radius 2 is 2.19 bits per heavy atom. The Hall–Kier alpha value is -2.38. The minimum Gasteiger partial charge on any atom is -0.497 e. The molecule has 7 heteroatoms. The van der Waals surface area contributed by atoms with E-state index in [1.165, 1.54) is 24.7 Å². The van der Waals surface area contributed by atoms with Crippen molar-refractivity contribution in [1.82, 2.24) is 15.2 Å². The van der Waals surface area contributed by atoms with Gasteiger partial charge in [0.15, 0.2) is 5.69 Å². The Morgan fingerprint density at radius 1 is 1.33 bits per heavy atom. The van der Waals surface area contributed by atoms with Crippen molar-refractivity contribution in [3.63, 3.8) is 0 Å². The van der Waals surface area contributed by atoms with Gasteiger partial charge in [-0.3, -0.25) is 9.69 Å². The van der Waals surface area contributed by atoms with Crippen molar-refractivity contribution in [3.05, 3.63) is 47.7 Å². The van der Waals surface area contributed by atoms with Crippen molar-refractivity contribution in [2.75, 3.05) is 33.9 Å². The highest BCUT2D eigenvalue weighted by Crippen LogP contribution is 2.31. The molecule has 0 unspecified atom stereocenters. The molecule has 146 valence electrons. The number of hydrogen-bond donors (Lipinski definition) is 1. The third kappa shape index (κ3) is 6.08. The SMILES string of the molecule is COCCNC(=O)c1coc(CN(Cc2cccc(OC)c2)CC2CC2)n1. The van der Waals surface area contributed by atoms with Crippen molar-refractivity contribution in [1.29, 1.82) is 0 Å². The first-order chi connectivity index (χ1) is 13.2. The van der Waals surface area contributed by atoms with Gasteiger partial charge < -0.3 is 19.2 Å². The number of amides is 1. The molecule has 7 nitrogen and oxygen atoms in total. The van der Waals surface area contributed by atoms with Crippen LogP contribution in [0.5, 0.6) is 5.75 Å². The summed E-state index contributed by atoms with van der Waals surface area (Å²) in [4.78, 5) is 18.7. The van der Waals surface area contributed by atoms with Crippen LogP contribution < -0.4 is 10.1 Å². The van der Waals surface area contributed by atoms with E-state index >= 15 is 0 Å². The zero-order chi connectivity index (χ0) is 19.1. The molecule has 0 bridgehead atoms. The molecule has 3 rings (SSSR count). The van der Waals surface area contributed by atoms with Crippen LogP contribution in [0.25, 0.3) is 0 Å². The van der Waals surface area contributed by atoms with Gasteiger partial charge in [-0.15, -0.1) is 0 Å². The molecular formula is C20H27N3O4. The molecule has 0 radical (unpaired) electrons. The van der Waals surface area contributed by atoms with Crippen molar-refractivity contribution in [2.45, 2.75) is 25.9 Å². The van der Waals surface area contributed by atoms with E-state index in [2.05, 4.69) is 21.3 Å². The van der Waals surface area contributed by atoms with Crippen LogP contribution in [0.4, 0.5) is 0 Å². The monoisotopic (exact) mass is 373 g/mol. The average Bonchev–Trinajstić information content (AvgIpc) is 3.36. The number of carbonyl (C=O) groups is 1. The maximum absolute atomic E-state index is 12.1. The van der Waals surface area contributed by atoms with E-state index in [4.69, 9.17) is 13.9 Å². The van der Waals surface area contributed by atoms with Gasteiger partial charge in [0.2, 0.25) is 5.89 Å². The lowest BCUT2D eigenvalue weighted by Crippen LogP contribution is -2.27. The van der Waals surface area contributed by atoms with Gasteiger partial charge >= 0.3 is 0 Å². The van der Waals surface area contributed by atoms with Crippen molar-refractivity contribution in [3.8, 4) is 5.75 Å². The summed E-state index contributed by atoms with van der Waals surface area (Å²) in [6, 6.07) is 8.07. The van der Waals surface area contributed by atoms with Gasteiger partial charge in [0.1, 0.15) is 12.0 Å². The van der Waals surface area contributed by atoms with Crippen LogP contribution in [-0.4, -0.2) is 49.7 Å². The summed E-state index contributed by atoms with van der Waals surface area (Å²) in [5.74, 6) is 1.89. The van der Waals surface area contributed by atoms with Crippen LogP contribution in [0.15, 0.2) is 34.9 Å². The van der Waals surface area contributed by atoms with Crippen LogP contribution in [0.2, 0.25) is 0 Å². The molecule has 1 N–H and O–H groups in total. The first-order valence-corrected chi connectivity index (χ1v) is 9.24. The summed E-state index contributed by atoms with van der Waals surface area (Å²) in [6.07, 6.45) is 3.96. The maximum atomic E-state index is 12.1. The van der Waals surface area contributed by atoms with Crippen LogP contribution in [0, 0.1) is 5.92 Å². The predicted octanol–water partition coefficient (Wildman–Crippen LogP) is 2.47. The lowest BCUT2D eigenvalue weighted by atomic mass is 10.2. The van der Waals surface area contributed by atoms with Crippen LogP contribution in [0.1, 0.15) is 34.8 Å². The van der Waals surface area contributed by atoms with E-state index < -0.39 is 0 Å². The summed E-state index contributed by atoms with van der Waals surface area (Å²) >= 11 is 0. The Bertz CT molecular complexity index is 742. The van der Waals surface area contributed by atoms with Crippen LogP contribution in [0.3, 0.4) is 0 Å². The molecule has 1 aliphatic rings. The van der Waals surface area contributed by atoms with Gasteiger partial charge in [-0.2, -0.15) is 0 Å². The lowest BCUT2D eigenvalue weighted by Gasteiger charge is -2.21. The molecule has 1 amide bonds. The van der Waals surface area contributed by atoms with E-state index in [0.717, 1.165) is 24.8 Å². The number of rotatable bonds is 11. The summed E-state index contributed by atoms with van der Waals surface area (Å²) < 4.78 is 15.8. The topological polar surface area (TPSA) is 76.8 Å². The van der Waals surface area contributed by atoms with E-state index in [0.29, 0.717) is 31.3 Å². The number of benzene rings is 1. The molecule has 0 spiro atoms. The third-order valence-electron chi connectivity index (χ3n) is 4.49. The summed E-state index contributed by atoms with van der Waals surface area (Å²) in [7, 11) is 3.27. The zero-order valence-electron chi connectivity index (χ0n) is 15.9. The number of nitrogens with zero attached hydrogens (tertiary/aromatic N) is 2. The molecule has 0 aliphatic heterocycles. The highest BCUT2D eigenvalue weighted by Gasteiger charge is 2.25. The van der Waals surface area contributed by atoms with Gasteiger partial charge in [-0.1, -0.05) is 12.1 Å². The molecular weight excluding hydrogens is 346 g/mol. The largest absolute Gasteiger partial charge is 0.497 e. The first kappa shape index (κ1) is 19.4. The normalized spacial score (nSPS) is 13.7. The lowest BCUT2D eigenvalue weighted by molar-refractivity contribution is 0.0932. The number of hydrogen-bond acceptors (Lipinski definition) is 6. The summed E-state index contributed by atoms with van der Waals surface area (Å²) in [6.45, 7) is 3.26. The molecule has 1 aromatic heterocycles. The fraction of sp³-hybridized carbons (Fsp3) is 0.500. The third-order valence-corrected chi connectivity index (χ3v) is 4.49. The van der Waals surface area contributed by atoms with E-state index in [1.54, 1.807) is 14.2 Å². The van der Waals surface area contributed by atoms with E-state index in [1.807, 2.05) is 18.2 Å². The summed E-state index contributed by atoms with van der Waals surface area (Å²) in [5.41, 5.74) is 1.48. The smallest absolute Gasteiger partial charge is 0.273 e. The average molecular weight is 373 g/mol. The van der Waals surface area contributed by atoms with E-state index in [-0.39, 0.29) is 5.91 Å². The molecule has 1 heterocycles. The van der Waals surface area contributed by atoms with Crippen LogP contribution in [-0.2, 0) is 17.8 Å². The minimum atomic E-state index is -0.247. The Morgan fingerprint density at radius 3 is 2.93 bits per heavy atom. The highest BCUT2D eigenvalue weighted by atomic mass is 16.5. The molecule has 0 saturated heterocycles. The number of oxazole rings is 1.